The molecule has 0 fully saturated rings. The Morgan fingerprint density at radius 1 is 1.56 bits per heavy atom. The molecule has 0 aromatic carbocycles. The van der Waals surface area contributed by atoms with Gasteiger partial charge >= 0.3 is 0 Å². The van der Waals surface area contributed by atoms with E-state index in [0.29, 0.717) is 5.76 Å². The van der Waals surface area contributed by atoms with E-state index in [4.69, 9.17) is 10.2 Å². The first-order valence-corrected chi connectivity index (χ1v) is 2.63. The zero-order valence-corrected chi connectivity index (χ0v) is 5.03. The van der Waals surface area contributed by atoms with Gasteiger partial charge in [-0.05, 0) is 13.0 Å². The summed E-state index contributed by atoms with van der Waals surface area (Å²) in [6, 6.07) is 0. The Kier molecular flexibility index (Phi) is 1.44. The van der Waals surface area contributed by atoms with Gasteiger partial charge in [-0.3, -0.25) is 0 Å². The summed E-state index contributed by atoms with van der Waals surface area (Å²) < 4.78 is 4.67. The molecule has 1 aliphatic heterocycles. The average Bonchev–Trinajstić information content (AvgIpc) is 1.59. The molecule has 0 amide bonds. The molecule has 1 heterocycles. The lowest BCUT2D eigenvalue weighted by atomic mass is 10.3. The first-order valence-electron chi connectivity index (χ1n) is 2.63. The van der Waals surface area contributed by atoms with E-state index < -0.39 is 6.10 Å². The highest BCUT2D eigenvalue weighted by atomic mass is 16.6. The van der Waals surface area contributed by atoms with Crippen LogP contribution in [0.15, 0.2) is 23.9 Å². The van der Waals surface area contributed by atoms with E-state index in [-0.39, 0.29) is 5.95 Å². The van der Waals surface area contributed by atoms with Crippen molar-refractivity contribution in [2.24, 2.45) is 0 Å². The van der Waals surface area contributed by atoms with E-state index in [9.17, 15) is 0 Å². The van der Waals surface area contributed by atoms with Gasteiger partial charge in [0.05, 0.1) is 0 Å². The minimum atomic E-state index is -0.709. The topological polar surface area (TPSA) is 49.7 Å². The Bertz CT molecular complexity index is 151. The smallest absolute Gasteiger partial charge is 0.280 e. The van der Waals surface area contributed by atoms with Crippen molar-refractivity contribution in [3.8, 4) is 0 Å². The van der Waals surface area contributed by atoms with Crippen molar-refractivity contribution in [2.75, 3.05) is 0 Å². The van der Waals surface area contributed by atoms with Gasteiger partial charge in [0.1, 0.15) is 11.9 Å². The molecule has 9 heavy (non-hydrogen) atoms. The predicted molar refractivity (Wildman–Crippen MR) is 31.6 cm³/mol. The largest absolute Gasteiger partial charge is 0.481 e. The van der Waals surface area contributed by atoms with Gasteiger partial charge in [-0.1, -0.05) is 0 Å². The fourth-order valence-electron chi connectivity index (χ4n) is 0.668. The zero-order valence-electron chi connectivity index (χ0n) is 5.03. The molecule has 0 aliphatic carbocycles. The summed E-state index contributed by atoms with van der Waals surface area (Å²) in [4.78, 5) is 0. The molecule has 0 saturated carbocycles. The Hall–Kier alpha value is -0.960. The summed E-state index contributed by atoms with van der Waals surface area (Å²) in [5.74, 6) is 0.282. The molecule has 0 spiro atoms. The van der Waals surface area contributed by atoms with Crippen molar-refractivity contribution in [2.45, 2.75) is 13.0 Å². The molecule has 0 aromatic rings. The second kappa shape index (κ2) is 2.11. The molecule has 2 N–H and O–H groups in total. The lowest BCUT2D eigenvalue weighted by molar-refractivity contribution is 0.122. The molecule has 1 unspecified atom stereocenters. The van der Waals surface area contributed by atoms with Gasteiger partial charge in [-0.2, -0.15) is 0 Å². The van der Waals surface area contributed by atoms with E-state index in [1.807, 2.05) is 0 Å². The lowest BCUT2D eigenvalue weighted by Crippen LogP contribution is -2.07. The van der Waals surface area contributed by atoms with Gasteiger partial charge in [-0.25, -0.2) is 0 Å². The molecule has 50 valence electrons. The van der Waals surface area contributed by atoms with Gasteiger partial charge in [0.15, 0.2) is 0 Å². The summed E-state index contributed by atoms with van der Waals surface area (Å²) in [5, 5.41) is 17.5. The Morgan fingerprint density at radius 2 is 2.22 bits per heavy atom. The monoisotopic (exact) mass is 128 g/mol. The fourth-order valence-corrected chi connectivity index (χ4v) is 0.668. The summed E-state index contributed by atoms with van der Waals surface area (Å²) in [7, 11) is 0. The number of aliphatic hydroxyl groups is 2. The summed E-state index contributed by atoms with van der Waals surface area (Å²) in [5.41, 5.74) is 0. The fraction of sp³-hybridized carbons (Fsp3) is 0.333. The Balaban J connectivity index is 2.69. The second-order valence-corrected chi connectivity index (χ2v) is 1.87. The van der Waals surface area contributed by atoms with Crippen LogP contribution in [0.1, 0.15) is 6.92 Å². The van der Waals surface area contributed by atoms with Crippen molar-refractivity contribution < 1.29 is 14.9 Å². The highest BCUT2D eigenvalue weighted by Crippen LogP contribution is 2.11. The Labute approximate surface area is 52.9 Å². The lowest BCUT2D eigenvalue weighted by Gasteiger charge is -2.11. The van der Waals surface area contributed by atoms with Crippen LogP contribution in [0.25, 0.3) is 0 Å². The second-order valence-electron chi connectivity index (χ2n) is 1.87. The first kappa shape index (κ1) is 6.16. The maximum atomic E-state index is 8.86. The summed E-state index contributed by atoms with van der Waals surface area (Å²) in [6.45, 7) is 1.66. The molecule has 3 nitrogen and oxygen atoms in total. The van der Waals surface area contributed by atoms with Gasteiger partial charge in [0.2, 0.25) is 0 Å². The molecule has 0 aromatic heterocycles. The molecule has 1 aliphatic rings. The van der Waals surface area contributed by atoms with Crippen molar-refractivity contribution in [3.05, 3.63) is 23.9 Å². The van der Waals surface area contributed by atoms with Crippen molar-refractivity contribution >= 4 is 0 Å². The highest BCUT2D eigenvalue weighted by molar-refractivity contribution is 5.10. The highest BCUT2D eigenvalue weighted by Gasteiger charge is 2.07. The van der Waals surface area contributed by atoms with Crippen molar-refractivity contribution in [1.82, 2.24) is 0 Å². The molecule has 0 radical (unpaired) electrons. The standard InChI is InChI=1S/C6H8O3/c1-4-2-5(7)3-6(8)9-4/h2-3,5,7-8H,1H3. The van der Waals surface area contributed by atoms with Crippen LogP contribution in [0, 0.1) is 0 Å². The molecule has 3 heteroatoms. The average molecular weight is 128 g/mol. The normalized spacial score (nSPS) is 26.2. The van der Waals surface area contributed by atoms with E-state index >= 15 is 0 Å². The SMILES string of the molecule is CC1=CC(O)C=C(O)O1. The number of aliphatic hydroxyl groups excluding tert-OH is 2. The van der Waals surface area contributed by atoms with Crippen LogP contribution in [0.5, 0.6) is 0 Å². The molecule has 1 rings (SSSR count). The molecular formula is C6H8O3. The predicted octanol–water partition coefficient (Wildman–Crippen LogP) is 0.681. The van der Waals surface area contributed by atoms with E-state index in [2.05, 4.69) is 4.74 Å². The van der Waals surface area contributed by atoms with E-state index in [0.717, 1.165) is 0 Å². The van der Waals surface area contributed by atoms with Crippen LogP contribution >= 0.6 is 0 Å². The minimum absolute atomic E-state index is 0.234. The van der Waals surface area contributed by atoms with Crippen LogP contribution in [-0.4, -0.2) is 16.3 Å². The zero-order chi connectivity index (χ0) is 6.85. The number of hydrogen-bond acceptors (Lipinski definition) is 3. The van der Waals surface area contributed by atoms with E-state index in [1.54, 1.807) is 6.92 Å². The molecule has 1 atom stereocenters. The third-order valence-corrected chi connectivity index (χ3v) is 0.984. The molecular weight excluding hydrogens is 120 g/mol. The number of hydrogen-bond donors (Lipinski definition) is 2. The van der Waals surface area contributed by atoms with Gasteiger partial charge in [0.25, 0.3) is 5.95 Å². The van der Waals surface area contributed by atoms with E-state index in [1.165, 1.54) is 12.2 Å². The van der Waals surface area contributed by atoms with Gasteiger partial charge in [-0.15, -0.1) is 0 Å². The molecule has 0 saturated heterocycles. The third-order valence-electron chi connectivity index (χ3n) is 0.984. The summed E-state index contributed by atoms with van der Waals surface area (Å²) >= 11 is 0. The van der Waals surface area contributed by atoms with Crippen LogP contribution < -0.4 is 0 Å². The van der Waals surface area contributed by atoms with Crippen LogP contribution in [-0.2, 0) is 4.74 Å². The summed E-state index contributed by atoms with van der Waals surface area (Å²) in [6.07, 6.45) is 2.01. The minimum Gasteiger partial charge on any atom is -0.481 e. The first-order chi connectivity index (χ1) is 4.18. The number of allylic oxidation sites excluding steroid dienone is 1. The number of rotatable bonds is 0. The van der Waals surface area contributed by atoms with Crippen molar-refractivity contribution in [3.63, 3.8) is 0 Å². The molecule has 0 bridgehead atoms. The number of ether oxygens (including phenoxy) is 1. The van der Waals surface area contributed by atoms with Crippen LogP contribution in [0.3, 0.4) is 0 Å². The van der Waals surface area contributed by atoms with Gasteiger partial charge in [0, 0.05) is 6.08 Å². The van der Waals surface area contributed by atoms with Crippen LogP contribution in [0.4, 0.5) is 0 Å². The maximum Gasteiger partial charge on any atom is 0.280 e. The quantitative estimate of drug-likeness (QED) is 0.504. The Morgan fingerprint density at radius 3 is 2.67 bits per heavy atom. The van der Waals surface area contributed by atoms with Crippen LogP contribution in [0.2, 0.25) is 0 Å². The van der Waals surface area contributed by atoms with Gasteiger partial charge < -0.3 is 14.9 Å². The maximum absolute atomic E-state index is 8.86. The third kappa shape index (κ3) is 1.47. The van der Waals surface area contributed by atoms with Crippen molar-refractivity contribution in [1.29, 1.82) is 0 Å².